The van der Waals surface area contributed by atoms with Gasteiger partial charge in [0.25, 0.3) is 0 Å². The van der Waals surface area contributed by atoms with Crippen LogP contribution in [0.1, 0.15) is 19.8 Å². The first-order valence-electron chi connectivity index (χ1n) is 7.11. The van der Waals surface area contributed by atoms with Crippen LogP contribution in [0.25, 0.3) is 10.6 Å². The summed E-state index contributed by atoms with van der Waals surface area (Å²) in [5.41, 5.74) is 0.524. The van der Waals surface area contributed by atoms with Crippen molar-refractivity contribution in [1.82, 2.24) is 20.2 Å². The van der Waals surface area contributed by atoms with Crippen molar-refractivity contribution < 1.29 is 18.0 Å². The van der Waals surface area contributed by atoms with E-state index in [1.165, 1.54) is 24.2 Å². The number of halogens is 3. The Morgan fingerprint density at radius 3 is 2.67 bits per heavy atom. The lowest BCUT2D eigenvalue weighted by Crippen LogP contribution is -2.42. The summed E-state index contributed by atoms with van der Waals surface area (Å²) in [5, 5.41) is 11.0. The van der Waals surface area contributed by atoms with Crippen molar-refractivity contribution in [2.75, 3.05) is 16.8 Å². The highest BCUT2D eigenvalue weighted by atomic mass is 32.1. The van der Waals surface area contributed by atoms with Gasteiger partial charge in [0.1, 0.15) is 6.04 Å². The lowest BCUT2D eigenvalue weighted by atomic mass is 10.2. The highest BCUT2D eigenvalue weighted by Crippen LogP contribution is 2.35. The second-order valence-electron chi connectivity index (χ2n) is 5.26. The van der Waals surface area contributed by atoms with Crippen molar-refractivity contribution in [2.45, 2.75) is 32.0 Å². The summed E-state index contributed by atoms with van der Waals surface area (Å²) in [7, 11) is 0. The largest absolute Gasteiger partial charge is 0.408 e. The third-order valence-corrected chi connectivity index (χ3v) is 4.37. The average molecular weight is 358 g/mol. The quantitative estimate of drug-likeness (QED) is 0.908. The van der Waals surface area contributed by atoms with Gasteiger partial charge < -0.3 is 10.2 Å². The van der Waals surface area contributed by atoms with Gasteiger partial charge in [-0.15, -0.1) is 10.2 Å². The van der Waals surface area contributed by atoms with Gasteiger partial charge in [-0.2, -0.15) is 13.2 Å². The molecular formula is C13H13F3N6OS. The molecule has 3 rings (SSSR count). The van der Waals surface area contributed by atoms with Crippen molar-refractivity contribution in [3.8, 4) is 10.6 Å². The van der Waals surface area contributed by atoms with Gasteiger partial charge in [0, 0.05) is 31.4 Å². The third kappa shape index (κ3) is 3.45. The molecule has 7 nitrogen and oxygen atoms in total. The molecule has 128 valence electrons. The number of hydrogen-bond donors (Lipinski definition) is 1. The van der Waals surface area contributed by atoms with Gasteiger partial charge in [-0.25, -0.2) is 9.97 Å². The number of rotatable bonds is 3. The van der Waals surface area contributed by atoms with Crippen molar-refractivity contribution in [1.29, 1.82) is 0 Å². The van der Waals surface area contributed by atoms with Crippen molar-refractivity contribution in [3.63, 3.8) is 0 Å². The van der Waals surface area contributed by atoms with Crippen LogP contribution in [0.3, 0.4) is 0 Å². The molecular weight excluding hydrogens is 345 g/mol. The van der Waals surface area contributed by atoms with E-state index in [-0.39, 0.29) is 24.8 Å². The maximum Gasteiger partial charge on any atom is 0.408 e. The zero-order chi connectivity index (χ0) is 17.3. The molecule has 1 aliphatic rings. The second kappa shape index (κ2) is 6.30. The molecule has 0 bridgehead atoms. The molecule has 11 heteroatoms. The molecule has 1 unspecified atom stereocenters. The van der Waals surface area contributed by atoms with E-state index in [1.54, 1.807) is 0 Å². The van der Waals surface area contributed by atoms with E-state index < -0.39 is 12.2 Å². The Labute approximate surface area is 138 Å². The lowest BCUT2D eigenvalue weighted by molar-refractivity contribution is -0.146. The van der Waals surface area contributed by atoms with Crippen LogP contribution in [0.5, 0.6) is 0 Å². The number of anilines is 2. The predicted molar refractivity (Wildman–Crippen MR) is 81.7 cm³/mol. The molecule has 0 spiro atoms. The second-order valence-corrected chi connectivity index (χ2v) is 6.24. The highest BCUT2D eigenvalue weighted by Gasteiger charge is 2.46. The summed E-state index contributed by atoms with van der Waals surface area (Å²) in [6.07, 6.45) is -0.986. The molecule has 0 saturated carbocycles. The number of carbonyl (C=O) groups is 1. The van der Waals surface area contributed by atoms with Crippen LogP contribution in [0.4, 0.5) is 24.3 Å². The normalized spacial score (nSPS) is 18.0. The van der Waals surface area contributed by atoms with Gasteiger partial charge in [0.15, 0.2) is 5.01 Å². The number of carbonyl (C=O) groups excluding carboxylic acids is 1. The Bertz CT molecular complexity index is 732. The molecule has 1 amide bonds. The summed E-state index contributed by atoms with van der Waals surface area (Å²) in [6.45, 7) is 1.63. The van der Waals surface area contributed by atoms with Crippen LogP contribution >= 0.6 is 11.3 Å². The Hall–Kier alpha value is -2.30. The summed E-state index contributed by atoms with van der Waals surface area (Å²) in [5.74, 6) is -0.221. The molecule has 1 saturated heterocycles. The molecule has 1 N–H and O–H groups in total. The number of alkyl halides is 3. The van der Waals surface area contributed by atoms with Gasteiger partial charge in [-0.05, 0) is 12.8 Å². The van der Waals surface area contributed by atoms with E-state index in [2.05, 4.69) is 25.5 Å². The SMILES string of the molecule is CC(=O)Nc1nnc(-c2cnc(N3CCCC3C(F)(F)F)nc2)s1. The van der Waals surface area contributed by atoms with Gasteiger partial charge in [-0.1, -0.05) is 11.3 Å². The summed E-state index contributed by atoms with van der Waals surface area (Å²) in [6, 6.07) is -1.55. The van der Waals surface area contributed by atoms with E-state index in [0.717, 1.165) is 11.3 Å². The van der Waals surface area contributed by atoms with Crippen molar-refractivity contribution in [3.05, 3.63) is 12.4 Å². The van der Waals surface area contributed by atoms with Crippen LogP contribution < -0.4 is 10.2 Å². The number of amides is 1. The Morgan fingerprint density at radius 1 is 1.33 bits per heavy atom. The minimum Gasteiger partial charge on any atom is -0.329 e. The molecule has 24 heavy (non-hydrogen) atoms. The maximum atomic E-state index is 13.0. The van der Waals surface area contributed by atoms with Crippen LogP contribution in [0, 0.1) is 0 Å². The number of nitrogens with zero attached hydrogens (tertiary/aromatic N) is 5. The Kier molecular flexibility index (Phi) is 4.35. The zero-order valence-electron chi connectivity index (χ0n) is 12.5. The monoisotopic (exact) mass is 358 g/mol. The first kappa shape index (κ1) is 16.6. The first-order valence-corrected chi connectivity index (χ1v) is 7.93. The lowest BCUT2D eigenvalue weighted by Gasteiger charge is -2.26. The highest BCUT2D eigenvalue weighted by molar-refractivity contribution is 7.18. The molecule has 1 aliphatic heterocycles. The number of hydrogen-bond acceptors (Lipinski definition) is 7. The summed E-state index contributed by atoms with van der Waals surface area (Å²) < 4.78 is 39.0. The van der Waals surface area contributed by atoms with Crippen molar-refractivity contribution in [2.24, 2.45) is 0 Å². The minimum absolute atomic E-state index is 0.0465. The average Bonchev–Trinajstić information content (AvgIpc) is 3.15. The molecule has 0 aromatic carbocycles. The smallest absolute Gasteiger partial charge is 0.329 e. The summed E-state index contributed by atoms with van der Waals surface area (Å²) in [4.78, 5) is 20.2. The summed E-state index contributed by atoms with van der Waals surface area (Å²) >= 11 is 1.13. The zero-order valence-corrected chi connectivity index (χ0v) is 13.4. The van der Waals surface area contributed by atoms with Crippen LogP contribution in [-0.4, -0.2) is 44.8 Å². The molecule has 1 atom stereocenters. The molecule has 2 aromatic heterocycles. The third-order valence-electron chi connectivity index (χ3n) is 3.48. The molecule has 3 heterocycles. The van der Waals surface area contributed by atoms with Crippen molar-refractivity contribution >= 4 is 28.3 Å². The fourth-order valence-electron chi connectivity index (χ4n) is 2.47. The van der Waals surface area contributed by atoms with Gasteiger partial charge >= 0.3 is 6.18 Å². The van der Waals surface area contributed by atoms with Crippen LogP contribution in [-0.2, 0) is 4.79 Å². The van der Waals surface area contributed by atoms with Crippen LogP contribution in [0.2, 0.25) is 0 Å². The minimum atomic E-state index is -4.30. The first-order chi connectivity index (χ1) is 11.3. The van der Waals surface area contributed by atoms with E-state index in [4.69, 9.17) is 0 Å². The molecule has 0 aliphatic carbocycles. The molecule has 2 aromatic rings. The predicted octanol–water partition coefficient (Wildman–Crippen LogP) is 2.48. The van der Waals surface area contributed by atoms with E-state index in [0.29, 0.717) is 22.1 Å². The van der Waals surface area contributed by atoms with E-state index >= 15 is 0 Å². The van der Waals surface area contributed by atoms with E-state index in [9.17, 15) is 18.0 Å². The van der Waals surface area contributed by atoms with Gasteiger partial charge in [-0.3, -0.25) is 4.79 Å². The van der Waals surface area contributed by atoms with Crippen LogP contribution in [0.15, 0.2) is 12.4 Å². The Balaban J connectivity index is 1.78. The van der Waals surface area contributed by atoms with Gasteiger partial charge in [0.2, 0.25) is 17.0 Å². The Morgan fingerprint density at radius 2 is 2.04 bits per heavy atom. The molecule has 0 radical (unpaired) electrons. The number of nitrogens with one attached hydrogen (secondary N) is 1. The van der Waals surface area contributed by atoms with Gasteiger partial charge in [0.05, 0.1) is 0 Å². The fourth-order valence-corrected chi connectivity index (χ4v) is 3.23. The topological polar surface area (TPSA) is 83.9 Å². The van der Waals surface area contributed by atoms with E-state index in [1.807, 2.05) is 0 Å². The standard InChI is InChI=1S/C13H13F3N6OS/c1-7(23)19-12-21-20-10(24-12)8-5-17-11(18-6-8)22-4-2-3-9(22)13(14,15)16/h5-6,9H,2-4H2,1H3,(H,19,21,23). The number of aromatic nitrogens is 4. The fraction of sp³-hybridized carbons (Fsp3) is 0.462. The maximum absolute atomic E-state index is 13.0. The molecule has 1 fully saturated rings.